The summed E-state index contributed by atoms with van der Waals surface area (Å²) in [6.07, 6.45) is 4.87. The van der Waals surface area contributed by atoms with Gasteiger partial charge in [0.2, 0.25) is 0 Å². The smallest absolute Gasteiger partial charge is 0.104 e. The molecule has 1 rings (SSSR count). The van der Waals surface area contributed by atoms with Gasteiger partial charge in [-0.05, 0) is 51.6 Å². The molecule has 0 saturated carbocycles. The van der Waals surface area contributed by atoms with E-state index >= 15 is 0 Å². The number of nitrogens with two attached hydrogens (primary N) is 1. The highest BCUT2D eigenvalue weighted by molar-refractivity contribution is 5.03. The second kappa shape index (κ2) is 7.73. The Kier molecular flexibility index (Phi) is 6.62. The molecule has 0 radical (unpaired) electrons. The zero-order chi connectivity index (χ0) is 13.4. The second-order valence-electron chi connectivity index (χ2n) is 5.54. The van der Waals surface area contributed by atoms with E-state index in [1.807, 2.05) is 6.92 Å². The third-order valence-electron chi connectivity index (χ3n) is 3.93. The van der Waals surface area contributed by atoms with Crippen molar-refractivity contribution >= 4 is 0 Å². The molecule has 4 nitrogen and oxygen atoms in total. The van der Waals surface area contributed by atoms with Crippen molar-refractivity contribution in [2.75, 3.05) is 33.4 Å². The molecular formula is C14H27N3O. The van der Waals surface area contributed by atoms with E-state index in [1.165, 1.54) is 12.8 Å². The minimum Gasteiger partial charge on any atom is -0.381 e. The van der Waals surface area contributed by atoms with Gasteiger partial charge in [-0.3, -0.25) is 0 Å². The van der Waals surface area contributed by atoms with Crippen LogP contribution in [-0.4, -0.2) is 43.8 Å². The molecule has 1 atom stereocenters. The molecule has 104 valence electrons. The normalized spacial score (nSPS) is 20.6. The molecule has 0 aromatic carbocycles. The van der Waals surface area contributed by atoms with E-state index in [1.54, 1.807) is 0 Å². The Morgan fingerprint density at radius 2 is 2.11 bits per heavy atom. The summed E-state index contributed by atoms with van der Waals surface area (Å²) in [7, 11) is 2.16. The first-order valence-corrected chi connectivity index (χ1v) is 7.06. The number of hydrogen-bond acceptors (Lipinski definition) is 4. The summed E-state index contributed by atoms with van der Waals surface area (Å²) in [5, 5.41) is 9.01. The number of nitrogens with zero attached hydrogens (tertiary/aromatic N) is 2. The molecule has 2 N–H and O–H groups in total. The number of rotatable bonds is 7. The summed E-state index contributed by atoms with van der Waals surface area (Å²) >= 11 is 0. The van der Waals surface area contributed by atoms with Crippen LogP contribution < -0.4 is 5.73 Å². The van der Waals surface area contributed by atoms with Crippen LogP contribution in [0.5, 0.6) is 0 Å². The Balaban J connectivity index is 2.16. The van der Waals surface area contributed by atoms with Crippen LogP contribution >= 0.6 is 0 Å². The zero-order valence-corrected chi connectivity index (χ0v) is 11.8. The average molecular weight is 253 g/mol. The maximum atomic E-state index is 9.01. The largest absolute Gasteiger partial charge is 0.381 e. The lowest BCUT2D eigenvalue weighted by atomic mass is 9.93. The summed E-state index contributed by atoms with van der Waals surface area (Å²) < 4.78 is 5.37. The fourth-order valence-corrected chi connectivity index (χ4v) is 2.44. The Hall–Kier alpha value is -0.630. The van der Waals surface area contributed by atoms with Crippen LogP contribution in [0.15, 0.2) is 0 Å². The maximum Gasteiger partial charge on any atom is 0.104 e. The number of nitriles is 1. The summed E-state index contributed by atoms with van der Waals surface area (Å²) in [6, 6.07) is 2.23. The third kappa shape index (κ3) is 5.34. The van der Waals surface area contributed by atoms with Gasteiger partial charge in [-0.2, -0.15) is 5.26 Å². The lowest BCUT2D eigenvalue weighted by Crippen LogP contribution is -2.38. The van der Waals surface area contributed by atoms with Gasteiger partial charge in [0, 0.05) is 19.8 Å². The van der Waals surface area contributed by atoms with Crippen molar-refractivity contribution in [2.24, 2.45) is 11.7 Å². The van der Waals surface area contributed by atoms with Crippen LogP contribution in [0.4, 0.5) is 0 Å². The lowest BCUT2D eigenvalue weighted by Gasteiger charge is -2.28. The quantitative estimate of drug-likeness (QED) is 0.751. The van der Waals surface area contributed by atoms with Gasteiger partial charge in [-0.25, -0.2) is 0 Å². The predicted octanol–water partition coefficient (Wildman–Crippen LogP) is 1.76. The number of ether oxygens (including phenoxy) is 1. The van der Waals surface area contributed by atoms with Gasteiger partial charge in [0.05, 0.1) is 6.07 Å². The van der Waals surface area contributed by atoms with Gasteiger partial charge in [-0.15, -0.1) is 0 Å². The van der Waals surface area contributed by atoms with E-state index in [2.05, 4.69) is 18.0 Å². The van der Waals surface area contributed by atoms with Crippen molar-refractivity contribution in [1.29, 1.82) is 5.26 Å². The van der Waals surface area contributed by atoms with E-state index in [4.69, 9.17) is 15.7 Å². The van der Waals surface area contributed by atoms with Crippen LogP contribution in [0, 0.1) is 17.2 Å². The van der Waals surface area contributed by atoms with Crippen LogP contribution in [-0.2, 0) is 4.74 Å². The first-order valence-electron chi connectivity index (χ1n) is 7.06. The molecule has 1 fully saturated rings. The molecule has 0 aliphatic carbocycles. The van der Waals surface area contributed by atoms with Crippen LogP contribution in [0.2, 0.25) is 0 Å². The van der Waals surface area contributed by atoms with Gasteiger partial charge in [-0.1, -0.05) is 6.92 Å². The van der Waals surface area contributed by atoms with Crippen molar-refractivity contribution in [1.82, 2.24) is 4.90 Å². The molecule has 1 aliphatic heterocycles. The first kappa shape index (κ1) is 15.4. The van der Waals surface area contributed by atoms with E-state index in [9.17, 15) is 0 Å². The van der Waals surface area contributed by atoms with Crippen molar-refractivity contribution < 1.29 is 4.74 Å². The molecule has 4 heteroatoms. The molecule has 18 heavy (non-hydrogen) atoms. The standard InChI is InChI=1S/C14H27N3O/c1-3-14(16,12-15)7-4-8-17(2)11-13-5-9-18-10-6-13/h13H,3-11,16H2,1-2H3. The van der Waals surface area contributed by atoms with Crippen LogP contribution in [0.3, 0.4) is 0 Å². The average Bonchev–Trinajstić information content (AvgIpc) is 2.39. The van der Waals surface area contributed by atoms with Crippen molar-refractivity contribution in [3.8, 4) is 6.07 Å². The van der Waals surface area contributed by atoms with Gasteiger partial charge in [0.25, 0.3) is 0 Å². The lowest BCUT2D eigenvalue weighted by molar-refractivity contribution is 0.0555. The fourth-order valence-electron chi connectivity index (χ4n) is 2.44. The fraction of sp³-hybridized carbons (Fsp3) is 0.929. The molecule has 1 aliphatic rings. The van der Waals surface area contributed by atoms with E-state index in [-0.39, 0.29) is 0 Å². The van der Waals surface area contributed by atoms with E-state index in [0.717, 1.165) is 51.5 Å². The summed E-state index contributed by atoms with van der Waals surface area (Å²) in [5.74, 6) is 0.772. The maximum absolute atomic E-state index is 9.01. The molecule has 1 unspecified atom stereocenters. The number of hydrogen-bond donors (Lipinski definition) is 1. The van der Waals surface area contributed by atoms with Gasteiger partial charge >= 0.3 is 0 Å². The Morgan fingerprint density at radius 3 is 2.67 bits per heavy atom. The van der Waals surface area contributed by atoms with Gasteiger partial charge < -0.3 is 15.4 Å². The SMILES string of the molecule is CCC(N)(C#N)CCCN(C)CC1CCOCC1. The van der Waals surface area contributed by atoms with Crippen molar-refractivity contribution in [2.45, 2.75) is 44.6 Å². The minimum atomic E-state index is -0.625. The summed E-state index contributed by atoms with van der Waals surface area (Å²) in [5.41, 5.74) is 5.35. The molecule has 0 bridgehead atoms. The highest BCUT2D eigenvalue weighted by atomic mass is 16.5. The Labute approximate surface area is 111 Å². The van der Waals surface area contributed by atoms with Crippen LogP contribution in [0.25, 0.3) is 0 Å². The van der Waals surface area contributed by atoms with Crippen molar-refractivity contribution in [3.05, 3.63) is 0 Å². The molecule has 0 amide bonds. The van der Waals surface area contributed by atoms with Crippen LogP contribution in [0.1, 0.15) is 39.0 Å². The van der Waals surface area contributed by atoms with Gasteiger partial charge in [0.1, 0.15) is 5.54 Å². The molecule has 0 spiro atoms. The highest BCUT2D eigenvalue weighted by Crippen LogP contribution is 2.17. The molecule has 1 heterocycles. The monoisotopic (exact) mass is 253 g/mol. The summed E-state index contributed by atoms with van der Waals surface area (Å²) in [6.45, 7) is 5.97. The molecule has 1 saturated heterocycles. The van der Waals surface area contributed by atoms with Crippen molar-refractivity contribution in [3.63, 3.8) is 0 Å². The Bertz CT molecular complexity index is 271. The summed E-state index contributed by atoms with van der Waals surface area (Å²) in [4.78, 5) is 2.36. The first-order chi connectivity index (χ1) is 8.59. The molecule has 0 aromatic rings. The molecule has 0 aromatic heterocycles. The second-order valence-corrected chi connectivity index (χ2v) is 5.54. The molecular weight excluding hydrogens is 226 g/mol. The highest BCUT2D eigenvalue weighted by Gasteiger charge is 2.22. The van der Waals surface area contributed by atoms with E-state index < -0.39 is 5.54 Å². The third-order valence-corrected chi connectivity index (χ3v) is 3.93. The minimum absolute atomic E-state index is 0.625. The Morgan fingerprint density at radius 1 is 1.44 bits per heavy atom. The topological polar surface area (TPSA) is 62.3 Å². The van der Waals surface area contributed by atoms with E-state index in [0.29, 0.717) is 0 Å². The zero-order valence-electron chi connectivity index (χ0n) is 11.8. The predicted molar refractivity (Wildman–Crippen MR) is 73.1 cm³/mol. The van der Waals surface area contributed by atoms with Gasteiger partial charge in [0.15, 0.2) is 0 Å².